The van der Waals surface area contributed by atoms with E-state index in [9.17, 15) is 14.4 Å². The van der Waals surface area contributed by atoms with Gasteiger partial charge in [0.15, 0.2) is 5.69 Å². The second-order valence-corrected chi connectivity index (χ2v) is 3.21. The number of aromatic nitrogens is 1. The minimum atomic E-state index is -1.30. The van der Waals surface area contributed by atoms with Gasteiger partial charge in [-0.2, -0.15) is 0 Å². The van der Waals surface area contributed by atoms with Gasteiger partial charge in [-0.1, -0.05) is 5.16 Å². The van der Waals surface area contributed by atoms with Crippen molar-refractivity contribution >= 4 is 17.8 Å². The third kappa shape index (κ3) is 3.93. The number of nitrogens with one attached hydrogen (secondary N) is 1. The Balaban J connectivity index is 2.41. The van der Waals surface area contributed by atoms with E-state index in [0.29, 0.717) is 6.42 Å². The maximum absolute atomic E-state index is 11.4. The van der Waals surface area contributed by atoms with Crippen LogP contribution in [-0.4, -0.2) is 34.6 Å². The Kier molecular flexibility index (Phi) is 4.21. The molecule has 8 heteroatoms. The molecule has 0 spiro atoms. The summed E-state index contributed by atoms with van der Waals surface area (Å²) in [5.74, 6) is -2.72. The number of primary amides is 1. The molecular formula is C9H11N3O5. The molecule has 0 saturated heterocycles. The number of amides is 2. The normalized spacial score (nSPS) is 9.88. The van der Waals surface area contributed by atoms with Crippen LogP contribution in [0.15, 0.2) is 10.6 Å². The third-order valence-corrected chi connectivity index (χ3v) is 1.84. The molecule has 1 heterocycles. The van der Waals surface area contributed by atoms with E-state index in [1.54, 1.807) is 0 Å². The number of carboxylic acids is 1. The summed E-state index contributed by atoms with van der Waals surface area (Å²) in [6, 6.07) is 1.02. The summed E-state index contributed by atoms with van der Waals surface area (Å²) in [7, 11) is 0. The van der Waals surface area contributed by atoms with Crippen LogP contribution in [0, 0.1) is 0 Å². The molecule has 92 valence electrons. The molecule has 0 bridgehead atoms. The van der Waals surface area contributed by atoms with Crippen molar-refractivity contribution in [3.63, 3.8) is 0 Å². The first-order chi connectivity index (χ1) is 8.00. The van der Waals surface area contributed by atoms with E-state index < -0.39 is 23.5 Å². The number of hydrogen-bond donors (Lipinski definition) is 3. The van der Waals surface area contributed by atoms with Gasteiger partial charge in [0.25, 0.3) is 5.91 Å². The van der Waals surface area contributed by atoms with E-state index in [1.165, 1.54) is 0 Å². The van der Waals surface area contributed by atoms with Crippen LogP contribution in [0.1, 0.15) is 33.9 Å². The molecule has 1 aromatic rings. The Bertz CT molecular complexity index is 440. The summed E-state index contributed by atoms with van der Waals surface area (Å²) < 4.78 is 4.41. The average Bonchev–Trinajstić information content (AvgIpc) is 2.73. The maximum atomic E-state index is 11.4. The summed E-state index contributed by atoms with van der Waals surface area (Å²) in [4.78, 5) is 32.2. The number of rotatable bonds is 6. The van der Waals surface area contributed by atoms with Gasteiger partial charge in [-0.3, -0.25) is 9.59 Å². The first-order valence-electron chi connectivity index (χ1n) is 4.77. The van der Waals surface area contributed by atoms with Crippen molar-refractivity contribution in [3.8, 4) is 0 Å². The van der Waals surface area contributed by atoms with Gasteiger partial charge >= 0.3 is 5.97 Å². The van der Waals surface area contributed by atoms with E-state index in [2.05, 4.69) is 15.0 Å². The molecule has 0 unspecified atom stereocenters. The number of carbonyl (C=O) groups is 3. The monoisotopic (exact) mass is 241 g/mol. The van der Waals surface area contributed by atoms with Crippen molar-refractivity contribution in [1.82, 2.24) is 10.5 Å². The molecule has 0 fully saturated rings. The zero-order valence-corrected chi connectivity index (χ0v) is 8.80. The number of carboxylic acid groups (broad SMARTS) is 1. The van der Waals surface area contributed by atoms with Gasteiger partial charge in [0.2, 0.25) is 11.7 Å². The standard InChI is InChI=1S/C9H11N3O5/c10-7(13)2-1-3-11-8(14)5-4-6(9(15)16)17-12-5/h4H,1-3H2,(H2,10,13)(H,11,14)(H,15,16). The van der Waals surface area contributed by atoms with E-state index >= 15 is 0 Å². The quantitative estimate of drug-likeness (QED) is 0.567. The van der Waals surface area contributed by atoms with Crippen LogP contribution in [-0.2, 0) is 4.79 Å². The van der Waals surface area contributed by atoms with Crippen LogP contribution in [0.5, 0.6) is 0 Å². The molecule has 1 aromatic heterocycles. The minimum absolute atomic E-state index is 0.124. The van der Waals surface area contributed by atoms with Crippen molar-refractivity contribution < 1.29 is 24.0 Å². The third-order valence-electron chi connectivity index (χ3n) is 1.84. The molecule has 1 rings (SSSR count). The van der Waals surface area contributed by atoms with Gasteiger partial charge in [-0.05, 0) is 6.42 Å². The van der Waals surface area contributed by atoms with E-state index in [1.807, 2.05) is 0 Å². The van der Waals surface area contributed by atoms with Crippen LogP contribution < -0.4 is 11.1 Å². The molecule has 8 nitrogen and oxygen atoms in total. The smallest absolute Gasteiger partial charge is 0.374 e. The summed E-state index contributed by atoms with van der Waals surface area (Å²) in [6.07, 6.45) is 0.574. The van der Waals surface area contributed by atoms with Gasteiger partial charge in [0, 0.05) is 19.0 Å². The van der Waals surface area contributed by atoms with Crippen LogP contribution in [0.3, 0.4) is 0 Å². The predicted molar refractivity (Wildman–Crippen MR) is 54.2 cm³/mol. The lowest BCUT2D eigenvalue weighted by Gasteiger charge is -2.00. The summed E-state index contributed by atoms with van der Waals surface area (Å²) >= 11 is 0. The predicted octanol–water partition coefficient (Wildman–Crippen LogP) is -0.632. The van der Waals surface area contributed by atoms with E-state index in [4.69, 9.17) is 10.8 Å². The zero-order valence-electron chi connectivity index (χ0n) is 8.80. The molecule has 0 aliphatic rings. The Morgan fingerprint density at radius 3 is 2.71 bits per heavy atom. The van der Waals surface area contributed by atoms with Gasteiger partial charge in [-0.25, -0.2) is 4.79 Å². The number of hydrogen-bond acceptors (Lipinski definition) is 5. The zero-order chi connectivity index (χ0) is 12.8. The van der Waals surface area contributed by atoms with Crippen molar-refractivity contribution in [3.05, 3.63) is 17.5 Å². The SMILES string of the molecule is NC(=O)CCCNC(=O)c1cc(C(=O)O)on1. The fourth-order valence-electron chi connectivity index (χ4n) is 1.04. The molecule has 0 aromatic carbocycles. The number of nitrogens with two attached hydrogens (primary N) is 1. The number of aromatic carboxylic acids is 1. The molecule has 0 radical (unpaired) electrons. The number of nitrogens with zero attached hydrogens (tertiary/aromatic N) is 1. The Labute approximate surface area is 95.8 Å². The lowest BCUT2D eigenvalue weighted by molar-refractivity contribution is -0.118. The van der Waals surface area contributed by atoms with Crippen molar-refractivity contribution in [1.29, 1.82) is 0 Å². The van der Waals surface area contributed by atoms with Crippen LogP contribution in [0.4, 0.5) is 0 Å². The lowest BCUT2D eigenvalue weighted by atomic mass is 10.3. The molecule has 0 saturated carbocycles. The highest BCUT2D eigenvalue weighted by molar-refractivity contribution is 5.94. The Morgan fingerprint density at radius 1 is 1.47 bits per heavy atom. The summed E-state index contributed by atoms with van der Waals surface area (Å²) in [5, 5.41) is 14.3. The van der Waals surface area contributed by atoms with Crippen molar-refractivity contribution in [2.45, 2.75) is 12.8 Å². The second-order valence-electron chi connectivity index (χ2n) is 3.21. The summed E-state index contributed by atoms with van der Waals surface area (Å²) in [5.41, 5.74) is 4.79. The largest absolute Gasteiger partial charge is 0.475 e. The van der Waals surface area contributed by atoms with Gasteiger partial charge in [-0.15, -0.1) is 0 Å². The highest BCUT2D eigenvalue weighted by Crippen LogP contribution is 2.03. The lowest BCUT2D eigenvalue weighted by Crippen LogP contribution is -2.25. The van der Waals surface area contributed by atoms with Crippen molar-refractivity contribution in [2.75, 3.05) is 6.54 Å². The Morgan fingerprint density at radius 2 is 2.18 bits per heavy atom. The number of carbonyl (C=O) groups excluding carboxylic acids is 2. The fraction of sp³-hybridized carbons (Fsp3) is 0.333. The fourth-order valence-corrected chi connectivity index (χ4v) is 1.04. The highest BCUT2D eigenvalue weighted by Gasteiger charge is 2.15. The second kappa shape index (κ2) is 5.64. The van der Waals surface area contributed by atoms with Crippen LogP contribution in [0.25, 0.3) is 0 Å². The molecule has 2 amide bonds. The molecule has 0 aliphatic carbocycles. The first kappa shape index (κ1) is 12.7. The van der Waals surface area contributed by atoms with Crippen LogP contribution in [0.2, 0.25) is 0 Å². The van der Waals surface area contributed by atoms with Crippen LogP contribution >= 0.6 is 0 Å². The van der Waals surface area contributed by atoms with Crippen molar-refractivity contribution in [2.24, 2.45) is 5.73 Å². The molecule has 4 N–H and O–H groups in total. The molecule has 0 atom stereocenters. The topological polar surface area (TPSA) is 136 Å². The molecule has 17 heavy (non-hydrogen) atoms. The minimum Gasteiger partial charge on any atom is -0.475 e. The first-order valence-corrected chi connectivity index (χ1v) is 4.77. The van der Waals surface area contributed by atoms with Gasteiger partial charge in [0.1, 0.15) is 0 Å². The molecule has 0 aliphatic heterocycles. The Hall–Kier alpha value is -2.38. The van der Waals surface area contributed by atoms with Gasteiger partial charge < -0.3 is 20.7 Å². The maximum Gasteiger partial charge on any atom is 0.374 e. The highest BCUT2D eigenvalue weighted by atomic mass is 16.5. The van der Waals surface area contributed by atoms with Gasteiger partial charge in [0.05, 0.1) is 0 Å². The molecular weight excluding hydrogens is 230 g/mol. The average molecular weight is 241 g/mol. The summed E-state index contributed by atoms with van der Waals surface area (Å²) in [6.45, 7) is 0.247. The van der Waals surface area contributed by atoms with E-state index in [-0.39, 0.29) is 18.7 Å². The van der Waals surface area contributed by atoms with E-state index in [0.717, 1.165) is 6.07 Å².